The number of aromatic nitrogens is 3. The van der Waals surface area contributed by atoms with Crippen LogP contribution in [0.2, 0.25) is 0 Å². The summed E-state index contributed by atoms with van der Waals surface area (Å²) in [6.45, 7) is 3.20. The van der Waals surface area contributed by atoms with Crippen molar-refractivity contribution in [2.75, 3.05) is 25.0 Å². The fraction of sp³-hybridized carbons (Fsp3) is 0.571. The number of likely N-dealkylation sites (tertiary alicyclic amines) is 1. The molecule has 118 valence electrons. The van der Waals surface area contributed by atoms with E-state index in [0.717, 1.165) is 25.8 Å². The summed E-state index contributed by atoms with van der Waals surface area (Å²) in [7, 11) is 1.76. The number of carbonyl (C=O) groups excluding carboxylic acids is 1. The van der Waals surface area contributed by atoms with Crippen molar-refractivity contribution >= 4 is 22.4 Å². The number of aryl methyl sites for hydroxylation is 1. The van der Waals surface area contributed by atoms with Gasteiger partial charge in [-0.25, -0.2) is 4.98 Å². The molecule has 2 aromatic rings. The van der Waals surface area contributed by atoms with Gasteiger partial charge < -0.3 is 4.52 Å². The lowest BCUT2D eigenvalue weighted by molar-refractivity contribution is -0.119. The van der Waals surface area contributed by atoms with Gasteiger partial charge in [-0.15, -0.1) is 11.3 Å². The monoisotopic (exact) mass is 321 g/mol. The SMILES string of the molecule is CCc1nc([C@H]2CCCN2CC(=O)N(C)c2nccs2)no1. The third kappa shape index (κ3) is 3.02. The Morgan fingerprint density at radius 1 is 1.59 bits per heavy atom. The van der Waals surface area contributed by atoms with Crippen molar-refractivity contribution < 1.29 is 9.32 Å². The predicted molar refractivity (Wildman–Crippen MR) is 82.7 cm³/mol. The largest absolute Gasteiger partial charge is 0.339 e. The van der Waals surface area contributed by atoms with Crippen LogP contribution in [0.3, 0.4) is 0 Å². The van der Waals surface area contributed by atoms with Gasteiger partial charge in [-0.05, 0) is 19.4 Å². The first-order valence-corrected chi connectivity index (χ1v) is 8.29. The molecule has 1 atom stereocenters. The van der Waals surface area contributed by atoms with Crippen LogP contribution in [0.4, 0.5) is 5.13 Å². The van der Waals surface area contributed by atoms with Crippen LogP contribution in [0, 0.1) is 0 Å². The van der Waals surface area contributed by atoms with Crippen molar-refractivity contribution in [3.63, 3.8) is 0 Å². The molecular weight excluding hydrogens is 302 g/mol. The Hall–Kier alpha value is -1.80. The van der Waals surface area contributed by atoms with Crippen molar-refractivity contribution in [1.82, 2.24) is 20.0 Å². The summed E-state index contributed by atoms with van der Waals surface area (Å²) in [5.74, 6) is 1.37. The number of amides is 1. The van der Waals surface area contributed by atoms with Crippen LogP contribution in [0.1, 0.15) is 37.5 Å². The Kier molecular flexibility index (Phi) is 4.49. The van der Waals surface area contributed by atoms with Crippen LogP contribution in [0.5, 0.6) is 0 Å². The minimum atomic E-state index is 0.0288. The average Bonchev–Trinajstić information content (AvgIpc) is 3.26. The molecule has 7 nitrogen and oxygen atoms in total. The van der Waals surface area contributed by atoms with Gasteiger partial charge in [-0.1, -0.05) is 12.1 Å². The molecule has 2 aromatic heterocycles. The zero-order chi connectivity index (χ0) is 15.5. The molecule has 0 bridgehead atoms. The van der Waals surface area contributed by atoms with E-state index in [1.807, 2.05) is 12.3 Å². The second-order valence-electron chi connectivity index (χ2n) is 5.30. The van der Waals surface area contributed by atoms with E-state index >= 15 is 0 Å². The standard InChI is InChI=1S/C14H19N5O2S/c1-3-11-16-13(17-21-11)10-5-4-7-19(10)9-12(20)18(2)14-15-6-8-22-14/h6,8,10H,3-5,7,9H2,1-2H3/t10-/m1/s1. The Balaban J connectivity index is 1.67. The highest BCUT2D eigenvalue weighted by atomic mass is 32.1. The molecule has 0 spiro atoms. The number of rotatable bonds is 5. The van der Waals surface area contributed by atoms with Crippen LogP contribution in [-0.2, 0) is 11.2 Å². The summed E-state index contributed by atoms with van der Waals surface area (Å²) in [4.78, 5) is 24.7. The van der Waals surface area contributed by atoms with Gasteiger partial charge in [0.15, 0.2) is 11.0 Å². The third-order valence-corrected chi connectivity index (χ3v) is 4.71. The summed E-state index contributed by atoms with van der Waals surface area (Å²) in [5, 5.41) is 6.64. The van der Waals surface area contributed by atoms with Gasteiger partial charge in [0.25, 0.3) is 0 Å². The Bertz CT molecular complexity index is 627. The number of likely N-dealkylation sites (N-methyl/N-ethyl adjacent to an activating group) is 1. The molecule has 0 aliphatic carbocycles. The van der Waals surface area contributed by atoms with Gasteiger partial charge in [0.05, 0.1) is 12.6 Å². The van der Waals surface area contributed by atoms with Gasteiger partial charge in [0.2, 0.25) is 11.8 Å². The molecule has 3 heterocycles. The van der Waals surface area contributed by atoms with Crippen molar-refractivity contribution in [3.05, 3.63) is 23.3 Å². The molecule has 3 rings (SSSR count). The number of hydrogen-bond donors (Lipinski definition) is 0. The van der Waals surface area contributed by atoms with E-state index in [9.17, 15) is 4.79 Å². The topological polar surface area (TPSA) is 75.4 Å². The molecule has 0 unspecified atom stereocenters. The second kappa shape index (κ2) is 6.53. The van der Waals surface area contributed by atoms with Gasteiger partial charge in [-0.3, -0.25) is 14.6 Å². The van der Waals surface area contributed by atoms with E-state index in [4.69, 9.17) is 4.52 Å². The average molecular weight is 321 g/mol. The summed E-state index contributed by atoms with van der Waals surface area (Å²) in [6.07, 6.45) is 4.42. The molecule has 0 radical (unpaired) electrons. The first-order valence-electron chi connectivity index (χ1n) is 7.41. The highest BCUT2D eigenvalue weighted by Crippen LogP contribution is 2.30. The van der Waals surface area contributed by atoms with E-state index in [2.05, 4.69) is 20.0 Å². The highest BCUT2D eigenvalue weighted by molar-refractivity contribution is 7.13. The molecule has 1 fully saturated rings. The van der Waals surface area contributed by atoms with Gasteiger partial charge in [-0.2, -0.15) is 4.98 Å². The summed E-state index contributed by atoms with van der Waals surface area (Å²) >= 11 is 1.46. The zero-order valence-electron chi connectivity index (χ0n) is 12.7. The maximum atomic E-state index is 12.4. The molecule has 22 heavy (non-hydrogen) atoms. The molecule has 1 saturated heterocycles. The zero-order valence-corrected chi connectivity index (χ0v) is 13.5. The smallest absolute Gasteiger partial charge is 0.242 e. The van der Waals surface area contributed by atoms with E-state index in [-0.39, 0.29) is 11.9 Å². The minimum absolute atomic E-state index is 0.0288. The lowest BCUT2D eigenvalue weighted by atomic mass is 10.2. The van der Waals surface area contributed by atoms with Crippen molar-refractivity contribution in [2.45, 2.75) is 32.2 Å². The quantitative estimate of drug-likeness (QED) is 0.837. The van der Waals surface area contributed by atoms with Crippen molar-refractivity contribution in [2.24, 2.45) is 0 Å². The summed E-state index contributed by atoms with van der Waals surface area (Å²) in [5.41, 5.74) is 0. The van der Waals surface area contributed by atoms with Crippen LogP contribution < -0.4 is 4.90 Å². The maximum Gasteiger partial charge on any atom is 0.242 e. The number of anilines is 1. The molecule has 1 amide bonds. The van der Waals surface area contributed by atoms with Gasteiger partial charge in [0, 0.05) is 25.0 Å². The fourth-order valence-corrected chi connectivity index (χ4v) is 3.25. The first kappa shape index (κ1) is 15.1. The molecule has 1 aliphatic heterocycles. The molecule has 0 N–H and O–H groups in total. The fourth-order valence-electron chi connectivity index (χ4n) is 2.62. The molecule has 0 aromatic carbocycles. The first-order chi connectivity index (χ1) is 10.7. The third-order valence-electron chi connectivity index (χ3n) is 3.87. The minimum Gasteiger partial charge on any atom is -0.339 e. The summed E-state index contributed by atoms with van der Waals surface area (Å²) < 4.78 is 5.19. The normalized spacial score (nSPS) is 18.7. The van der Waals surface area contributed by atoms with Crippen LogP contribution >= 0.6 is 11.3 Å². The number of carbonyl (C=O) groups is 1. The molecule has 0 saturated carbocycles. The Morgan fingerprint density at radius 2 is 2.45 bits per heavy atom. The number of hydrogen-bond acceptors (Lipinski definition) is 7. The van der Waals surface area contributed by atoms with Crippen molar-refractivity contribution in [1.29, 1.82) is 0 Å². The maximum absolute atomic E-state index is 12.4. The van der Waals surface area contributed by atoms with Crippen LogP contribution in [-0.4, -0.2) is 46.1 Å². The van der Waals surface area contributed by atoms with Gasteiger partial charge in [0.1, 0.15) is 0 Å². The number of nitrogens with zero attached hydrogens (tertiary/aromatic N) is 5. The Morgan fingerprint density at radius 3 is 3.14 bits per heavy atom. The van der Waals surface area contributed by atoms with Crippen LogP contribution in [0.25, 0.3) is 0 Å². The van der Waals surface area contributed by atoms with E-state index in [1.54, 1.807) is 18.1 Å². The van der Waals surface area contributed by atoms with E-state index in [0.29, 0.717) is 23.4 Å². The molecule has 8 heteroatoms. The molecule has 1 aliphatic rings. The highest BCUT2D eigenvalue weighted by Gasteiger charge is 2.32. The lowest BCUT2D eigenvalue weighted by Gasteiger charge is -2.23. The van der Waals surface area contributed by atoms with E-state index in [1.165, 1.54) is 11.3 Å². The summed E-state index contributed by atoms with van der Waals surface area (Å²) in [6, 6.07) is 0.0673. The molecular formula is C14H19N5O2S. The Labute approximate surface area is 132 Å². The van der Waals surface area contributed by atoms with Crippen LogP contribution in [0.15, 0.2) is 16.1 Å². The van der Waals surface area contributed by atoms with Crippen molar-refractivity contribution in [3.8, 4) is 0 Å². The lowest BCUT2D eigenvalue weighted by Crippen LogP contribution is -2.38. The second-order valence-corrected chi connectivity index (χ2v) is 6.17. The number of thiazole rings is 1. The van der Waals surface area contributed by atoms with Gasteiger partial charge >= 0.3 is 0 Å². The predicted octanol–water partition coefficient (Wildman–Crippen LogP) is 1.89. The van der Waals surface area contributed by atoms with E-state index < -0.39 is 0 Å².